The summed E-state index contributed by atoms with van der Waals surface area (Å²) in [6.45, 7) is 1.72. The number of sulfonamides is 1. The van der Waals surface area contributed by atoms with Crippen molar-refractivity contribution in [3.05, 3.63) is 71.8 Å². The molecule has 0 N–H and O–H groups in total. The van der Waals surface area contributed by atoms with E-state index >= 15 is 0 Å². The van der Waals surface area contributed by atoms with Gasteiger partial charge in [0.1, 0.15) is 11.6 Å². The maximum atomic E-state index is 14.3. The maximum absolute atomic E-state index is 14.3. The molecule has 1 aromatic carbocycles. The number of halogens is 3. The Morgan fingerprint density at radius 1 is 1.00 bits per heavy atom. The van der Waals surface area contributed by atoms with E-state index in [1.54, 1.807) is 6.92 Å². The lowest BCUT2D eigenvalue weighted by atomic mass is 9.81. The summed E-state index contributed by atoms with van der Waals surface area (Å²) in [5.41, 5.74) is 1.20. The van der Waals surface area contributed by atoms with Gasteiger partial charge in [0, 0.05) is 41.7 Å². The fourth-order valence-electron chi connectivity index (χ4n) is 4.81. The van der Waals surface area contributed by atoms with Crippen molar-refractivity contribution >= 4 is 15.8 Å². The molecule has 0 radical (unpaired) electrons. The molecule has 3 aliphatic rings. The average Bonchev–Trinajstić information content (AvgIpc) is 3.38. The lowest BCUT2D eigenvalue weighted by Crippen LogP contribution is -2.41. The van der Waals surface area contributed by atoms with Crippen molar-refractivity contribution in [3.8, 4) is 11.1 Å². The van der Waals surface area contributed by atoms with Crippen molar-refractivity contribution in [1.29, 1.82) is 0 Å². The Morgan fingerprint density at radius 2 is 1.71 bits per heavy atom. The molecular formula is C24H21F3N4O3S. The number of hydrogen-bond acceptors (Lipinski definition) is 6. The van der Waals surface area contributed by atoms with E-state index < -0.39 is 33.5 Å². The summed E-state index contributed by atoms with van der Waals surface area (Å²) in [5, 5.41) is 0. The molecule has 6 rings (SSSR count). The van der Waals surface area contributed by atoms with Crippen LogP contribution >= 0.6 is 0 Å². The van der Waals surface area contributed by atoms with Gasteiger partial charge >= 0.3 is 0 Å². The molecule has 0 amide bonds. The van der Waals surface area contributed by atoms with E-state index in [0.717, 1.165) is 22.6 Å². The Balaban J connectivity index is 1.34. The maximum Gasteiger partial charge on any atom is 0.244 e. The van der Waals surface area contributed by atoms with Crippen molar-refractivity contribution in [1.82, 2.24) is 19.3 Å². The van der Waals surface area contributed by atoms with Gasteiger partial charge in [-0.15, -0.1) is 0 Å². The summed E-state index contributed by atoms with van der Waals surface area (Å²) in [5.74, 6) is -2.82. The Labute approximate surface area is 200 Å². The summed E-state index contributed by atoms with van der Waals surface area (Å²) < 4.78 is 68.9. The summed E-state index contributed by atoms with van der Waals surface area (Å²) in [6.07, 6.45) is 5.36. The Hall–Kier alpha value is -3.18. The molecule has 3 aromatic rings. The van der Waals surface area contributed by atoms with Gasteiger partial charge in [0.15, 0.2) is 17.4 Å². The van der Waals surface area contributed by atoms with Crippen LogP contribution in [0.2, 0.25) is 0 Å². The van der Waals surface area contributed by atoms with Crippen molar-refractivity contribution in [3.63, 3.8) is 0 Å². The van der Waals surface area contributed by atoms with Crippen LogP contribution in [0, 0.1) is 30.3 Å². The van der Waals surface area contributed by atoms with Gasteiger partial charge < -0.3 is 0 Å². The third-order valence-corrected chi connectivity index (χ3v) is 8.59. The summed E-state index contributed by atoms with van der Waals surface area (Å²) in [7, 11) is -4.19. The Bertz CT molecular complexity index is 1410. The van der Waals surface area contributed by atoms with E-state index in [1.807, 2.05) is 0 Å². The Morgan fingerprint density at radius 3 is 2.40 bits per heavy atom. The largest absolute Gasteiger partial charge is 0.298 e. The van der Waals surface area contributed by atoms with Crippen LogP contribution in [0.3, 0.4) is 0 Å². The number of rotatable bonds is 7. The number of Topliss-reactive ketones (excluding diaryl/α,β-unsaturated/α-hetero) is 1. The van der Waals surface area contributed by atoms with E-state index in [-0.39, 0.29) is 41.0 Å². The highest BCUT2D eigenvalue weighted by atomic mass is 32.2. The van der Waals surface area contributed by atoms with E-state index in [1.165, 1.54) is 18.5 Å². The second-order valence-corrected chi connectivity index (χ2v) is 10.7. The molecular weight excluding hydrogens is 481 g/mol. The molecule has 35 heavy (non-hydrogen) atoms. The van der Waals surface area contributed by atoms with Crippen LogP contribution in [0.4, 0.5) is 13.2 Å². The van der Waals surface area contributed by atoms with E-state index in [9.17, 15) is 26.4 Å². The first-order chi connectivity index (χ1) is 16.6. The number of fused-ring (bicyclic) bond motifs is 1. The molecule has 2 aliphatic heterocycles. The monoisotopic (exact) mass is 502 g/mol. The van der Waals surface area contributed by atoms with Crippen LogP contribution < -0.4 is 0 Å². The van der Waals surface area contributed by atoms with Gasteiger partial charge in [-0.2, -0.15) is 4.31 Å². The fourth-order valence-corrected chi connectivity index (χ4v) is 6.70. The zero-order valence-electron chi connectivity index (χ0n) is 18.7. The summed E-state index contributed by atoms with van der Waals surface area (Å²) in [6, 6.07) is 2.72. The highest BCUT2D eigenvalue weighted by molar-refractivity contribution is 7.89. The van der Waals surface area contributed by atoms with Crippen LogP contribution in [0.5, 0.6) is 0 Å². The number of benzene rings is 1. The molecule has 182 valence electrons. The molecule has 4 heterocycles. The van der Waals surface area contributed by atoms with E-state index in [2.05, 4.69) is 15.0 Å². The van der Waals surface area contributed by atoms with E-state index in [4.69, 9.17) is 0 Å². The van der Waals surface area contributed by atoms with Crippen LogP contribution in [0.15, 0.2) is 47.8 Å². The van der Waals surface area contributed by atoms with Crippen molar-refractivity contribution in [2.24, 2.45) is 5.92 Å². The van der Waals surface area contributed by atoms with Crippen LogP contribution in [0.1, 0.15) is 30.8 Å². The van der Waals surface area contributed by atoms with Crippen LogP contribution in [0.25, 0.3) is 11.1 Å². The molecule has 1 atom stereocenters. The second kappa shape index (κ2) is 8.80. The third kappa shape index (κ3) is 4.23. The zero-order chi connectivity index (χ0) is 24.9. The number of carbonyl (C=O) groups excluding carboxylic acids is 1. The minimum absolute atomic E-state index is 0.000155. The summed E-state index contributed by atoms with van der Waals surface area (Å²) >= 11 is 0. The lowest BCUT2D eigenvalue weighted by Gasteiger charge is -2.25. The van der Waals surface area contributed by atoms with Crippen molar-refractivity contribution < 1.29 is 26.4 Å². The number of nitrogens with zero attached hydrogens (tertiary/aromatic N) is 4. The fraction of sp³-hybridized carbons (Fsp3) is 0.333. The van der Waals surface area contributed by atoms with Gasteiger partial charge in [-0.25, -0.2) is 31.6 Å². The Kier molecular flexibility index (Phi) is 5.92. The standard InChI is InChI=1S/C24H21F3N4O3S/c1-13-28-10-15(11-29-13)19-8-16(30-12-22(19)27)2-5-23(32)24-14-6-17(7-14)31(24)35(33,34)18-3-4-20(25)21(26)9-18/h3-4,8-12,14,17,24H,2,5-7H2,1H3/t14?,17?,24-/m0/s1. The molecule has 3 fully saturated rings. The van der Waals surface area contributed by atoms with Gasteiger partial charge in [0.05, 0.1) is 17.1 Å². The molecule has 2 saturated heterocycles. The lowest BCUT2D eigenvalue weighted by molar-refractivity contribution is -0.122. The van der Waals surface area contributed by atoms with Crippen molar-refractivity contribution in [2.75, 3.05) is 0 Å². The number of carbonyl (C=O) groups is 1. The first-order valence-corrected chi connectivity index (χ1v) is 12.5. The molecule has 0 spiro atoms. The van der Waals surface area contributed by atoms with Crippen molar-refractivity contribution in [2.45, 2.75) is 49.6 Å². The first kappa shape index (κ1) is 23.6. The number of hydrogen-bond donors (Lipinski definition) is 0. The zero-order valence-corrected chi connectivity index (χ0v) is 19.5. The number of aryl methyl sites for hydroxylation is 2. The third-order valence-electron chi connectivity index (χ3n) is 6.66. The predicted octanol–water partition coefficient (Wildman–Crippen LogP) is 3.62. The molecule has 2 aromatic heterocycles. The normalized spacial score (nSPS) is 21.7. The predicted molar refractivity (Wildman–Crippen MR) is 119 cm³/mol. The minimum Gasteiger partial charge on any atom is -0.298 e. The molecule has 7 nitrogen and oxygen atoms in total. The SMILES string of the molecule is Cc1ncc(-c2cc(CCC(=O)[C@@H]3C4CC(C4)N3S(=O)(=O)c3ccc(F)c(F)c3)ncc2F)cn1. The molecule has 11 heteroatoms. The average molecular weight is 503 g/mol. The highest BCUT2D eigenvalue weighted by Crippen LogP contribution is 2.49. The summed E-state index contributed by atoms with van der Waals surface area (Å²) in [4.78, 5) is 25.0. The molecule has 2 bridgehead atoms. The van der Waals surface area contributed by atoms with Gasteiger partial charge in [0.2, 0.25) is 10.0 Å². The molecule has 1 aliphatic carbocycles. The van der Waals surface area contributed by atoms with Gasteiger partial charge in [-0.3, -0.25) is 9.78 Å². The van der Waals surface area contributed by atoms with Crippen LogP contribution in [-0.4, -0.2) is 45.5 Å². The molecule has 0 unspecified atom stereocenters. The van der Waals surface area contributed by atoms with Gasteiger partial charge in [-0.1, -0.05) is 0 Å². The second-order valence-electron chi connectivity index (χ2n) is 8.88. The number of ketones is 1. The topological polar surface area (TPSA) is 93.1 Å². The first-order valence-electron chi connectivity index (χ1n) is 11.1. The van der Waals surface area contributed by atoms with Crippen LogP contribution in [-0.2, 0) is 21.2 Å². The van der Waals surface area contributed by atoms with Gasteiger partial charge in [0.25, 0.3) is 0 Å². The van der Waals surface area contributed by atoms with Gasteiger partial charge in [-0.05, 0) is 56.4 Å². The van der Waals surface area contributed by atoms with E-state index in [0.29, 0.717) is 36.0 Å². The smallest absolute Gasteiger partial charge is 0.244 e. The molecule has 1 saturated carbocycles. The number of aromatic nitrogens is 3. The minimum atomic E-state index is -4.19. The highest BCUT2D eigenvalue weighted by Gasteiger charge is 2.58. The quantitative estimate of drug-likeness (QED) is 0.490. The number of pyridine rings is 1.